The molecular weight excluding hydrogens is 346 g/mol. The van der Waals surface area contributed by atoms with Crippen molar-refractivity contribution in [3.05, 3.63) is 60.4 Å². The van der Waals surface area contributed by atoms with Crippen LogP contribution in [0.15, 0.2) is 49.1 Å². The normalized spacial score (nSPS) is 18.3. The van der Waals surface area contributed by atoms with Crippen molar-refractivity contribution in [2.45, 2.75) is 18.9 Å². The molecule has 1 fully saturated rings. The Labute approximate surface area is 155 Å². The average molecular weight is 363 g/mol. The third-order valence-corrected chi connectivity index (χ3v) is 4.85. The van der Waals surface area contributed by atoms with Gasteiger partial charge >= 0.3 is 0 Å². The molecule has 27 heavy (non-hydrogen) atoms. The maximum Gasteiger partial charge on any atom is 0.231 e. The molecule has 1 unspecified atom stereocenters. The fourth-order valence-electron chi connectivity index (χ4n) is 3.55. The summed E-state index contributed by atoms with van der Waals surface area (Å²) in [5, 5.41) is 4.36. The fraction of sp³-hybridized carbons (Fsp3) is 0.263. The highest BCUT2D eigenvalue weighted by Crippen LogP contribution is 2.35. The molecule has 0 spiro atoms. The van der Waals surface area contributed by atoms with E-state index in [0.717, 1.165) is 22.8 Å². The van der Waals surface area contributed by atoms with Crippen LogP contribution in [0.5, 0.6) is 11.5 Å². The highest BCUT2D eigenvalue weighted by molar-refractivity contribution is 5.79. The number of aromatic nitrogens is 4. The molecule has 2 aromatic heterocycles. The Kier molecular flexibility index (Phi) is 3.74. The third-order valence-electron chi connectivity index (χ3n) is 4.85. The highest BCUT2D eigenvalue weighted by atomic mass is 16.7. The zero-order valence-corrected chi connectivity index (χ0v) is 14.5. The van der Waals surface area contributed by atoms with E-state index in [4.69, 9.17) is 9.47 Å². The lowest BCUT2D eigenvalue weighted by Crippen LogP contribution is -2.24. The summed E-state index contributed by atoms with van der Waals surface area (Å²) in [5.74, 6) is 2.29. The van der Waals surface area contributed by atoms with Crippen LogP contribution >= 0.6 is 0 Å². The standard InChI is InChI=1S/C19H17N5O3/c25-18-6-14(10-23(18)9-13-2-1-5-20-8-13)19-21-11-22-24(19)15-3-4-16-17(7-15)27-12-26-16/h1-5,7-8,11,14H,6,9-10,12H2. The van der Waals surface area contributed by atoms with E-state index in [0.29, 0.717) is 25.3 Å². The van der Waals surface area contributed by atoms with Gasteiger partial charge in [0.15, 0.2) is 11.5 Å². The van der Waals surface area contributed by atoms with Gasteiger partial charge in [-0.15, -0.1) is 0 Å². The summed E-state index contributed by atoms with van der Waals surface area (Å²) in [6, 6.07) is 9.50. The van der Waals surface area contributed by atoms with E-state index in [-0.39, 0.29) is 18.6 Å². The Bertz CT molecular complexity index is 988. The Balaban J connectivity index is 1.39. The molecule has 1 aromatic carbocycles. The number of carbonyl (C=O) groups excluding carboxylic acids is 1. The second kappa shape index (κ2) is 6.39. The number of rotatable bonds is 4. The zero-order valence-electron chi connectivity index (χ0n) is 14.5. The van der Waals surface area contributed by atoms with Crippen LogP contribution in [0.25, 0.3) is 5.69 Å². The van der Waals surface area contributed by atoms with Crippen molar-refractivity contribution in [1.82, 2.24) is 24.6 Å². The minimum atomic E-state index is -0.0119. The topological polar surface area (TPSA) is 82.4 Å². The summed E-state index contributed by atoms with van der Waals surface area (Å²) in [5.41, 5.74) is 1.86. The maximum absolute atomic E-state index is 12.5. The third kappa shape index (κ3) is 2.88. The number of amides is 1. The molecular formula is C19H17N5O3. The molecule has 8 nitrogen and oxygen atoms in total. The number of hydrogen-bond donors (Lipinski definition) is 0. The molecule has 4 heterocycles. The summed E-state index contributed by atoms with van der Waals surface area (Å²) < 4.78 is 12.6. The first-order valence-corrected chi connectivity index (χ1v) is 8.74. The smallest absolute Gasteiger partial charge is 0.231 e. The number of fused-ring (bicyclic) bond motifs is 1. The van der Waals surface area contributed by atoms with Gasteiger partial charge in [0.25, 0.3) is 0 Å². The molecule has 5 rings (SSSR count). The number of likely N-dealkylation sites (tertiary alicyclic amines) is 1. The largest absolute Gasteiger partial charge is 0.454 e. The summed E-state index contributed by atoms with van der Waals surface area (Å²) in [6.07, 6.45) is 5.46. The summed E-state index contributed by atoms with van der Waals surface area (Å²) in [6.45, 7) is 1.39. The van der Waals surface area contributed by atoms with Crippen molar-refractivity contribution >= 4 is 5.91 Å². The summed E-state index contributed by atoms with van der Waals surface area (Å²) in [4.78, 5) is 22.9. The van der Waals surface area contributed by atoms with Gasteiger partial charge in [-0.25, -0.2) is 9.67 Å². The van der Waals surface area contributed by atoms with Gasteiger partial charge < -0.3 is 14.4 Å². The van der Waals surface area contributed by atoms with E-state index >= 15 is 0 Å². The quantitative estimate of drug-likeness (QED) is 0.704. The van der Waals surface area contributed by atoms with Gasteiger partial charge in [-0.05, 0) is 23.8 Å². The Morgan fingerprint density at radius 2 is 2.11 bits per heavy atom. The molecule has 1 amide bonds. The first kappa shape index (κ1) is 15.8. The molecule has 0 radical (unpaired) electrons. The number of ether oxygens (including phenoxy) is 2. The first-order chi connectivity index (χ1) is 13.3. The van der Waals surface area contributed by atoms with E-state index in [1.807, 2.05) is 35.2 Å². The van der Waals surface area contributed by atoms with E-state index in [1.54, 1.807) is 17.1 Å². The molecule has 136 valence electrons. The van der Waals surface area contributed by atoms with Gasteiger partial charge in [-0.1, -0.05) is 6.07 Å². The molecule has 1 saturated heterocycles. The molecule has 3 aromatic rings. The minimum Gasteiger partial charge on any atom is -0.454 e. The van der Waals surface area contributed by atoms with Crippen LogP contribution in [0.1, 0.15) is 23.7 Å². The molecule has 8 heteroatoms. The number of carbonyl (C=O) groups is 1. The highest BCUT2D eigenvalue weighted by Gasteiger charge is 2.34. The van der Waals surface area contributed by atoms with Crippen molar-refractivity contribution in [3.63, 3.8) is 0 Å². The van der Waals surface area contributed by atoms with E-state index < -0.39 is 0 Å². The van der Waals surface area contributed by atoms with Crippen molar-refractivity contribution in [2.75, 3.05) is 13.3 Å². The van der Waals surface area contributed by atoms with Crippen LogP contribution < -0.4 is 9.47 Å². The molecule has 0 saturated carbocycles. The van der Waals surface area contributed by atoms with Gasteiger partial charge in [0.1, 0.15) is 12.2 Å². The van der Waals surface area contributed by atoms with Gasteiger partial charge in [0.05, 0.1) is 5.69 Å². The van der Waals surface area contributed by atoms with Crippen LogP contribution in [0.3, 0.4) is 0 Å². The van der Waals surface area contributed by atoms with Gasteiger partial charge in [0, 0.05) is 43.9 Å². The molecule has 2 aliphatic heterocycles. The number of hydrogen-bond acceptors (Lipinski definition) is 6. The summed E-state index contributed by atoms with van der Waals surface area (Å²) in [7, 11) is 0. The molecule has 0 aliphatic carbocycles. The lowest BCUT2D eigenvalue weighted by molar-refractivity contribution is -0.128. The lowest BCUT2D eigenvalue weighted by atomic mass is 10.1. The van der Waals surface area contributed by atoms with E-state index in [1.165, 1.54) is 6.33 Å². The van der Waals surface area contributed by atoms with Crippen LogP contribution in [-0.2, 0) is 11.3 Å². The van der Waals surface area contributed by atoms with Gasteiger partial charge in [-0.3, -0.25) is 9.78 Å². The predicted octanol–water partition coefficient (Wildman–Crippen LogP) is 1.91. The zero-order chi connectivity index (χ0) is 18.2. The Hall–Kier alpha value is -3.42. The van der Waals surface area contributed by atoms with Crippen molar-refractivity contribution < 1.29 is 14.3 Å². The molecule has 0 bridgehead atoms. The number of nitrogens with zero attached hydrogens (tertiary/aromatic N) is 5. The molecule has 0 N–H and O–H groups in total. The predicted molar refractivity (Wildman–Crippen MR) is 94.5 cm³/mol. The van der Waals surface area contributed by atoms with Gasteiger partial charge in [0.2, 0.25) is 12.7 Å². The number of pyridine rings is 1. The number of benzene rings is 1. The average Bonchev–Trinajstić information content (AvgIpc) is 3.42. The van der Waals surface area contributed by atoms with Crippen molar-refractivity contribution in [3.8, 4) is 17.2 Å². The van der Waals surface area contributed by atoms with Crippen LogP contribution in [0.4, 0.5) is 0 Å². The maximum atomic E-state index is 12.5. The molecule has 2 aliphatic rings. The lowest BCUT2D eigenvalue weighted by Gasteiger charge is -2.16. The van der Waals surface area contributed by atoms with Crippen molar-refractivity contribution in [2.24, 2.45) is 0 Å². The Morgan fingerprint density at radius 3 is 3.00 bits per heavy atom. The van der Waals surface area contributed by atoms with E-state index in [2.05, 4.69) is 15.1 Å². The SMILES string of the molecule is O=C1CC(c2ncnn2-c2ccc3c(c2)OCO3)CN1Cc1cccnc1. The van der Waals surface area contributed by atoms with Crippen molar-refractivity contribution in [1.29, 1.82) is 0 Å². The van der Waals surface area contributed by atoms with Crippen LogP contribution in [-0.4, -0.2) is 43.9 Å². The van der Waals surface area contributed by atoms with E-state index in [9.17, 15) is 4.79 Å². The monoisotopic (exact) mass is 363 g/mol. The van der Waals surface area contributed by atoms with Gasteiger partial charge in [-0.2, -0.15) is 5.10 Å². The fourth-order valence-corrected chi connectivity index (χ4v) is 3.55. The minimum absolute atomic E-state index is 0.0119. The Morgan fingerprint density at radius 1 is 1.19 bits per heavy atom. The molecule has 1 atom stereocenters. The second-order valence-electron chi connectivity index (χ2n) is 6.60. The second-order valence-corrected chi connectivity index (χ2v) is 6.60. The first-order valence-electron chi connectivity index (χ1n) is 8.74. The summed E-state index contributed by atoms with van der Waals surface area (Å²) >= 11 is 0. The van der Waals surface area contributed by atoms with Crippen LogP contribution in [0, 0.1) is 0 Å². The van der Waals surface area contributed by atoms with Crippen LogP contribution in [0.2, 0.25) is 0 Å².